The average molecular weight is 217 g/mol. The van der Waals surface area contributed by atoms with Crippen LogP contribution in [0.4, 0.5) is 4.39 Å². The Morgan fingerprint density at radius 2 is 2.21 bits per heavy atom. The molecule has 0 aromatic carbocycles. The van der Waals surface area contributed by atoms with Gasteiger partial charge in [0.1, 0.15) is 6.10 Å². The molecule has 1 rings (SSSR count). The molecule has 0 aliphatic carbocycles. The second kappa shape index (κ2) is 5.29. The number of aliphatic hydroxyl groups excluding tert-OH is 2. The third-order valence-electron chi connectivity index (χ3n) is 1.88. The Labute approximate surface area is 87.0 Å². The summed E-state index contributed by atoms with van der Waals surface area (Å²) in [4.78, 5) is 3.35. The number of thiol groups is 1. The van der Waals surface area contributed by atoms with Gasteiger partial charge in [0.25, 0.3) is 0 Å². The molecule has 2 N–H and O–H groups in total. The SMILES string of the molecule is OC(CCS)C(O)c1ccnc(F)c1. The molecule has 0 spiro atoms. The first-order chi connectivity index (χ1) is 6.65. The monoisotopic (exact) mass is 217 g/mol. The van der Waals surface area contributed by atoms with Crippen LogP contribution in [0.25, 0.3) is 0 Å². The Morgan fingerprint density at radius 3 is 2.79 bits per heavy atom. The van der Waals surface area contributed by atoms with E-state index in [1.54, 1.807) is 0 Å². The van der Waals surface area contributed by atoms with E-state index in [-0.39, 0.29) is 0 Å². The van der Waals surface area contributed by atoms with Crippen LogP contribution in [0.2, 0.25) is 0 Å². The summed E-state index contributed by atoms with van der Waals surface area (Å²) < 4.78 is 12.7. The minimum atomic E-state index is -1.08. The van der Waals surface area contributed by atoms with Gasteiger partial charge in [0, 0.05) is 6.20 Å². The lowest BCUT2D eigenvalue weighted by Gasteiger charge is -2.16. The van der Waals surface area contributed by atoms with Gasteiger partial charge in [-0.15, -0.1) is 0 Å². The molecule has 0 saturated carbocycles. The average Bonchev–Trinajstić information content (AvgIpc) is 2.17. The molecule has 0 fully saturated rings. The van der Waals surface area contributed by atoms with Crippen molar-refractivity contribution in [3.63, 3.8) is 0 Å². The maximum atomic E-state index is 12.7. The summed E-state index contributed by atoms with van der Waals surface area (Å²) in [6.45, 7) is 0. The zero-order chi connectivity index (χ0) is 10.6. The topological polar surface area (TPSA) is 53.4 Å². The molecule has 2 unspecified atom stereocenters. The third-order valence-corrected chi connectivity index (χ3v) is 2.14. The molecule has 0 bridgehead atoms. The van der Waals surface area contributed by atoms with Gasteiger partial charge in [-0.3, -0.25) is 0 Å². The lowest BCUT2D eigenvalue weighted by atomic mass is 10.0. The first-order valence-corrected chi connectivity index (χ1v) is 4.87. The van der Waals surface area contributed by atoms with Crippen LogP contribution in [0.3, 0.4) is 0 Å². The summed E-state index contributed by atoms with van der Waals surface area (Å²) in [5.41, 5.74) is 0.326. The highest BCUT2D eigenvalue weighted by atomic mass is 32.1. The number of rotatable bonds is 4. The molecular formula is C9H12FNO2S. The molecule has 0 aliphatic rings. The normalized spacial score (nSPS) is 15.1. The molecule has 1 heterocycles. The zero-order valence-electron chi connectivity index (χ0n) is 7.47. The van der Waals surface area contributed by atoms with E-state index < -0.39 is 18.2 Å². The van der Waals surface area contributed by atoms with Crippen molar-refractivity contribution in [2.24, 2.45) is 0 Å². The molecule has 0 saturated heterocycles. The van der Waals surface area contributed by atoms with Gasteiger partial charge in [0.2, 0.25) is 5.95 Å². The maximum absolute atomic E-state index is 12.7. The van der Waals surface area contributed by atoms with Crippen LogP contribution >= 0.6 is 12.6 Å². The molecule has 14 heavy (non-hydrogen) atoms. The van der Waals surface area contributed by atoms with Crippen LogP contribution in [-0.2, 0) is 0 Å². The predicted octanol–water partition coefficient (Wildman–Crippen LogP) is 0.935. The lowest BCUT2D eigenvalue weighted by Crippen LogP contribution is -2.18. The lowest BCUT2D eigenvalue weighted by molar-refractivity contribution is 0.0170. The summed E-state index contributed by atoms with van der Waals surface area (Å²) in [6, 6.07) is 2.57. The van der Waals surface area contributed by atoms with Gasteiger partial charge < -0.3 is 10.2 Å². The van der Waals surface area contributed by atoms with Crippen LogP contribution in [0.5, 0.6) is 0 Å². The predicted molar refractivity (Wildman–Crippen MR) is 53.6 cm³/mol. The van der Waals surface area contributed by atoms with Gasteiger partial charge in [-0.25, -0.2) is 4.98 Å². The molecule has 1 aromatic rings. The van der Waals surface area contributed by atoms with Crippen molar-refractivity contribution in [3.05, 3.63) is 29.8 Å². The van der Waals surface area contributed by atoms with Crippen molar-refractivity contribution in [2.75, 3.05) is 5.75 Å². The number of hydrogen-bond donors (Lipinski definition) is 3. The minimum absolute atomic E-state index is 0.326. The largest absolute Gasteiger partial charge is 0.390 e. The summed E-state index contributed by atoms with van der Waals surface area (Å²) >= 11 is 3.93. The number of hydrogen-bond acceptors (Lipinski definition) is 4. The van der Waals surface area contributed by atoms with E-state index in [0.29, 0.717) is 17.7 Å². The Hall–Kier alpha value is -0.650. The van der Waals surface area contributed by atoms with Gasteiger partial charge in [-0.2, -0.15) is 17.0 Å². The second-order valence-electron chi connectivity index (χ2n) is 2.94. The first-order valence-electron chi connectivity index (χ1n) is 4.23. The Morgan fingerprint density at radius 1 is 1.50 bits per heavy atom. The Bertz CT molecular complexity index is 298. The highest BCUT2D eigenvalue weighted by Gasteiger charge is 2.17. The van der Waals surface area contributed by atoms with Crippen molar-refractivity contribution in [3.8, 4) is 0 Å². The maximum Gasteiger partial charge on any atom is 0.213 e. The van der Waals surface area contributed by atoms with Crippen molar-refractivity contribution in [2.45, 2.75) is 18.6 Å². The molecular weight excluding hydrogens is 205 g/mol. The van der Waals surface area contributed by atoms with Crippen LogP contribution in [-0.4, -0.2) is 27.1 Å². The number of nitrogens with zero attached hydrogens (tertiary/aromatic N) is 1. The Kier molecular flexibility index (Phi) is 4.31. The minimum Gasteiger partial charge on any atom is -0.390 e. The zero-order valence-corrected chi connectivity index (χ0v) is 8.36. The van der Waals surface area contributed by atoms with E-state index in [1.165, 1.54) is 12.3 Å². The smallest absolute Gasteiger partial charge is 0.213 e. The number of halogens is 1. The quantitative estimate of drug-likeness (QED) is 0.519. The molecule has 3 nitrogen and oxygen atoms in total. The van der Waals surface area contributed by atoms with Crippen molar-refractivity contribution < 1.29 is 14.6 Å². The van der Waals surface area contributed by atoms with Crippen molar-refractivity contribution >= 4 is 12.6 Å². The van der Waals surface area contributed by atoms with Gasteiger partial charge in [-0.05, 0) is 29.9 Å². The van der Waals surface area contributed by atoms with Crippen LogP contribution < -0.4 is 0 Å². The molecule has 5 heteroatoms. The molecule has 0 aliphatic heterocycles. The standard InChI is InChI=1S/C9H12FNO2S/c10-8-5-6(1-3-11-8)9(13)7(12)2-4-14/h1,3,5,7,9,12-14H,2,4H2. The fourth-order valence-electron chi connectivity index (χ4n) is 1.11. The highest BCUT2D eigenvalue weighted by Crippen LogP contribution is 2.18. The van der Waals surface area contributed by atoms with Crippen molar-refractivity contribution in [1.82, 2.24) is 4.98 Å². The second-order valence-corrected chi connectivity index (χ2v) is 3.38. The van der Waals surface area contributed by atoms with Gasteiger partial charge in [0.15, 0.2) is 0 Å². The van der Waals surface area contributed by atoms with E-state index in [9.17, 15) is 14.6 Å². The van der Waals surface area contributed by atoms with Gasteiger partial charge in [0.05, 0.1) is 6.10 Å². The van der Waals surface area contributed by atoms with Crippen LogP contribution in [0.1, 0.15) is 18.1 Å². The molecule has 0 radical (unpaired) electrons. The Balaban J connectivity index is 2.73. The van der Waals surface area contributed by atoms with Gasteiger partial charge >= 0.3 is 0 Å². The van der Waals surface area contributed by atoms with E-state index >= 15 is 0 Å². The van der Waals surface area contributed by atoms with E-state index in [4.69, 9.17) is 0 Å². The molecule has 2 atom stereocenters. The number of aromatic nitrogens is 1. The summed E-state index contributed by atoms with van der Waals surface area (Å²) in [5, 5.41) is 19.0. The van der Waals surface area contributed by atoms with E-state index in [0.717, 1.165) is 6.07 Å². The number of aliphatic hydroxyl groups is 2. The fourth-order valence-corrected chi connectivity index (χ4v) is 1.38. The molecule has 0 amide bonds. The summed E-state index contributed by atoms with van der Waals surface area (Å²) in [7, 11) is 0. The van der Waals surface area contributed by atoms with Gasteiger partial charge in [-0.1, -0.05) is 0 Å². The summed E-state index contributed by atoms with van der Waals surface area (Å²) in [6.07, 6.45) is -0.399. The molecule has 78 valence electrons. The number of pyridine rings is 1. The highest BCUT2D eigenvalue weighted by molar-refractivity contribution is 7.80. The van der Waals surface area contributed by atoms with Crippen LogP contribution in [0.15, 0.2) is 18.3 Å². The van der Waals surface area contributed by atoms with E-state index in [2.05, 4.69) is 17.6 Å². The third kappa shape index (κ3) is 2.94. The van der Waals surface area contributed by atoms with E-state index in [1.807, 2.05) is 0 Å². The van der Waals surface area contributed by atoms with Crippen LogP contribution in [0, 0.1) is 5.95 Å². The first kappa shape index (κ1) is 11.4. The summed E-state index contributed by atoms with van der Waals surface area (Å²) in [5.74, 6) is -0.203. The van der Waals surface area contributed by atoms with Crippen molar-refractivity contribution in [1.29, 1.82) is 0 Å². The molecule has 1 aromatic heterocycles. The fraction of sp³-hybridized carbons (Fsp3) is 0.444.